The fraction of sp³-hybridized carbons (Fsp3) is 0.476. The molecule has 0 amide bonds. The van der Waals surface area contributed by atoms with E-state index in [-0.39, 0.29) is 24.4 Å². The normalized spacial score (nSPS) is 36.6. The molecule has 1 aliphatic heterocycles. The number of fused-ring (bicyclic) bond motifs is 2. The first-order valence-corrected chi connectivity index (χ1v) is 8.92. The van der Waals surface area contributed by atoms with Gasteiger partial charge in [0.25, 0.3) is 0 Å². The predicted octanol–water partition coefficient (Wildman–Crippen LogP) is 2.98. The standard InChI is InChI=1S/C21H21NO4/c1-20(2)12-25-18(23)17(20)26-19(24)21(11-22)15-9-8-14(10-15)16(21)13-6-4-3-5-7-13/h3-9,14-17H,10,12H2,1-2H3/t14-,15+,16-,17-,21-/m0/s1. The van der Waals surface area contributed by atoms with Crippen LogP contribution in [0.2, 0.25) is 0 Å². The summed E-state index contributed by atoms with van der Waals surface area (Å²) in [6, 6.07) is 11.9. The van der Waals surface area contributed by atoms with E-state index in [0.717, 1.165) is 12.0 Å². The number of cyclic esters (lactones) is 1. The van der Waals surface area contributed by atoms with Crippen molar-refractivity contribution in [2.75, 3.05) is 6.61 Å². The smallest absolute Gasteiger partial charge is 0.348 e. The Balaban J connectivity index is 1.72. The molecule has 0 spiro atoms. The van der Waals surface area contributed by atoms with Gasteiger partial charge in [0, 0.05) is 17.3 Å². The molecular weight excluding hydrogens is 330 g/mol. The highest BCUT2D eigenvalue weighted by Crippen LogP contribution is 2.61. The molecule has 0 N–H and O–H groups in total. The van der Waals surface area contributed by atoms with E-state index < -0.39 is 28.9 Å². The summed E-state index contributed by atoms with van der Waals surface area (Å²) in [6.45, 7) is 3.85. The highest BCUT2D eigenvalue weighted by Gasteiger charge is 2.64. The van der Waals surface area contributed by atoms with Crippen LogP contribution in [0.15, 0.2) is 42.5 Å². The molecule has 1 saturated heterocycles. The summed E-state index contributed by atoms with van der Waals surface area (Å²) < 4.78 is 10.7. The number of allylic oxidation sites excluding steroid dienone is 2. The molecule has 1 saturated carbocycles. The summed E-state index contributed by atoms with van der Waals surface area (Å²) in [7, 11) is 0. The zero-order chi connectivity index (χ0) is 18.5. The fourth-order valence-electron chi connectivity index (χ4n) is 4.67. The maximum Gasteiger partial charge on any atom is 0.348 e. The predicted molar refractivity (Wildman–Crippen MR) is 92.6 cm³/mol. The molecule has 1 aromatic rings. The zero-order valence-electron chi connectivity index (χ0n) is 14.8. The molecule has 1 heterocycles. The van der Waals surface area contributed by atoms with Crippen LogP contribution in [0, 0.1) is 34.0 Å². The molecule has 5 heteroatoms. The topological polar surface area (TPSA) is 76.4 Å². The van der Waals surface area contributed by atoms with Gasteiger partial charge in [-0.3, -0.25) is 4.79 Å². The van der Waals surface area contributed by atoms with Crippen molar-refractivity contribution < 1.29 is 19.1 Å². The van der Waals surface area contributed by atoms with Gasteiger partial charge in [0.05, 0.1) is 6.07 Å². The monoisotopic (exact) mass is 351 g/mol. The number of esters is 2. The Hall–Kier alpha value is -2.61. The van der Waals surface area contributed by atoms with Gasteiger partial charge < -0.3 is 9.47 Å². The number of benzene rings is 1. The second kappa shape index (κ2) is 5.70. The fourth-order valence-corrected chi connectivity index (χ4v) is 4.67. The third-order valence-electron chi connectivity index (χ3n) is 6.04. The number of nitriles is 1. The van der Waals surface area contributed by atoms with Gasteiger partial charge in [-0.25, -0.2) is 4.79 Å². The lowest BCUT2D eigenvalue weighted by atomic mass is 9.66. The first kappa shape index (κ1) is 16.8. The highest BCUT2D eigenvalue weighted by atomic mass is 16.6. The van der Waals surface area contributed by atoms with Gasteiger partial charge in [-0.1, -0.05) is 56.3 Å². The van der Waals surface area contributed by atoms with Crippen LogP contribution in [0.1, 0.15) is 31.7 Å². The van der Waals surface area contributed by atoms with Crippen molar-refractivity contribution in [2.45, 2.75) is 32.3 Å². The maximum atomic E-state index is 13.3. The van der Waals surface area contributed by atoms with E-state index in [9.17, 15) is 14.9 Å². The zero-order valence-corrected chi connectivity index (χ0v) is 14.8. The van der Waals surface area contributed by atoms with Crippen molar-refractivity contribution in [1.82, 2.24) is 0 Å². The van der Waals surface area contributed by atoms with Crippen molar-refractivity contribution >= 4 is 11.9 Å². The van der Waals surface area contributed by atoms with E-state index >= 15 is 0 Å². The van der Waals surface area contributed by atoms with Gasteiger partial charge in [-0.2, -0.15) is 5.26 Å². The van der Waals surface area contributed by atoms with Gasteiger partial charge >= 0.3 is 11.9 Å². The number of carbonyl (C=O) groups excluding carboxylic acids is 2. The average Bonchev–Trinajstić information content (AvgIpc) is 3.30. The minimum absolute atomic E-state index is 0.123. The second-order valence-corrected chi connectivity index (χ2v) is 8.14. The van der Waals surface area contributed by atoms with E-state index in [1.165, 1.54) is 0 Å². The number of ether oxygens (including phenoxy) is 2. The van der Waals surface area contributed by atoms with E-state index in [0.29, 0.717) is 0 Å². The number of carbonyl (C=O) groups is 2. The van der Waals surface area contributed by atoms with Gasteiger partial charge in [0.1, 0.15) is 6.61 Å². The molecule has 2 aliphatic carbocycles. The van der Waals surface area contributed by atoms with Crippen LogP contribution in [0.3, 0.4) is 0 Å². The minimum Gasteiger partial charge on any atom is -0.462 e. The number of hydrogen-bond acceptors (Lipinski definition) is 5. The lowest BCUT2D eigenvalue weighted by Crippen LogP contribution is -2.45. The number of rotatable bonds is 3. The van der Waals surface area contributed by atoms with Crippen LogP contribution in [0.4, 0.5) is 0 Å². The van der Waals surface area contributed by atoms with Gasteiger partial charge in [-0.05, 0) is 17.9 Å². The number of nitrogens with zero attached hydrogens (tertiary/aromatic N) is 1. The van der Waals surface area contributed by atoms with Crippen molar-refractivity contribution in [2.24, 2.45) is 22.7 Å². The molecule has 134 valence electrons. The summed E-state index contributed by atoms with van der Waals surface area (Å²) in [5.41, 5.74) is -0.949. The maximum absolute atomic E-state index is 13.3. The van der Waals surface area contributed by atoms with E-state index in [1.807, 2.05) is 50.3 Å². The van der Waals surface area contributed by atoms with Crippen molar-refractivity contribution in [3.63, 3.8) is 0 Å². The van der Waals surface area contributed by atoms with Crippen LogP contribution in [-0.4, -0.2) is 24.6 Å². The van der Waals surface area contributed by atoms with E-state index in [2.05, 4.69) is 12.1 Å². The summed E-state index contributed by atoms with van der Waals surface area (Å²) in [6.07, 6.45) is 3.83. The lowest BCUT2D eigenvalue weighted by molar-refractivity contribution is -0.171. The Morgan fingerprint density at radius 3 is 2.62 bits per heavy atom. The van der Waals surface area contributed by atoms with Crippen molar-refractivity contribution in [3.8, 4) is 6.07 Å². The Kier molecular flexibility index (Phi) is 3.69. The first-order valence-electron chi connectivity index (χ1n) is 8.92. The Bertz CT molecular complexity index is 822. The molecule has 0 aromatic heterocycles. The molecule has 5 atom stereocenters. The van der Waals surface area contributed by atoms with Crippen molar-refractivity contribution in [1.29, 1.82) is 5.26 Å². The average molecular weight is 351 g/mol. The van der Waals surface area contributed by atoms with Crippen molar-refractivity contribution in [3.05, 3.63) is 48.0 Å². The van der Waals surface area contributed by atoms with Gasteiger partial charge in [0.2, 0.25) is 6.10 Å². The van der Waals surface area contributed by atoms with Crippen LogP contribution in [0.5, 0.6) is 0 Å². The molecule has 1 aromatic carbocycles. The van der Waals surface area contributed by atoms with Gasteiger partial charge in [-0.15, -0.1) is 0 Å². The first-order chi connectivity index (χ1) is 12.4. The van der Waals surface area contributed by atoms with Crippen LogP contribution in [0.25, 0.3) is 0 Å². The third-order valence-corrected chi connectivity index (χ3v) is 6.04. The third kappa shape index (κ3) is 2.21. The summed E-state index contributed by atoms with van der Waals surface area (Å²) in [4.78, 5) is 25.3. The van der Waals surface area contributed by atoms with E-state index in [4.69, 9.17) is 9.47 Å². The molecule has 0 unspecified atom stereocenters. The molecule has 26 heavy (non-hydrogen) atoms. The summed E-state index contributed by atoms with van der Waals surface area (Å²) in [5.74, 6) is -1.49. The highest BCUT2D eigenvalue weighted by molar-refractivity contribution is 5.87. The molecule has 5 nitrogen and oxygen atoms in total. The largest absolute Gasteiger partial charge is 0.462 e. The SMILES string of the molecule is CC1(C)COC(=O)[C@@H]1OC(=O)[C@@]1(C#N)[C@@H]2C=C[C@@H](C2)[C@@H]1c1ccccc1. The second-order valence-electron chi connectivity index (χ2n) is 8.14. The Morgan fingerprint density at radius 2 is 2.00 bits per heavy atom. The van der Waals surface area contributed by atoms with Crippen LogP contribution >= 0.6 is 0 Å². The summed E-state index contributed by atoms with van der Waals surface area (Å²) in [5, 5.41) is 10.1. The Labute approximate surface area is 152 Å². The molecular formula is C21H21NO4. The number of hydrogen-bond donors (Lipinski definition) is 0. The molecule has 0 radical (unpaired) electrons. The Morgan fingerprint density at radius 1 is 1.27 bits per heavy atom. The van der Waals surface area contributed by atoms with Gasteiger partial charge in [0.15, 0.2) is 5.41 Å². The molecule has 2 fully saturated rings. The lowest BCUT2D eigenvalue weighted by Gasteiger charge is -2.35. The summed E-state index contributed by atoms with van der Waals surface area (Å²) >= 11 is 0. The molecule has 2 bridgehead atoms. The molecule has 3 aliphatic rings. The van der Waals surface area contributed by atoms with E-state index in [1.54, 1.807) is 0 Å². The van der Waals surface area contributed by atoms with Crippen LogP contribution < -0.4 is 0 Å². The minimum atomic E-state index is -1.31. The molecule has 4 rings (SSSR count). The van der Waals surface area contributed by atoms with Crippen LogP contribution in [-0.2, 0) is 19.1 Å². The quantitative estimate of drug-likeness (QED) is 0.618.